The second kappa shape index (κ2) is 6.75. The molecule has 0 saturated heterocycles. The van der Waals surface area contributed by atoms with Crippen molar-refractivity contribution in [3.8, 4) is 0 Å². The topological polar surface area (TPSA) is 87.5 Å². The number of rotatable bonds is 5. The van der Waals surface area contributed by atoms with Gasteiger partial charge in [-0.2, -0.15) is 0 Å². The van der Waals surface area contributed by atoms with Gasteiger partial charge in [-0.15, -0.1) is 0 Å². The molecule has 6 heteroatoms. The van der Waals surface area contributed by atoms with E-state index in [0.29, 0.717) is 11.4 Å². The van der Waals surface area contributed by atoms with E-state index < -0.39 is 0 Å². The Hall–Kier alpha value is -2.08. The van der Waals surface area contributed by atoms with Crippen LogP contribution in [0.4, 0.5) is 11.4 Å². The smallest absolute Gasteiger partial charge is 0.238 e. The van der Waals surface area contributed by atoms with E-state index in [4.69, 9.17) is 5.73 Å². The van der Waals surface area contributed by atoms with Gasteiger partial charge in [0.1, 0.15) is 0 Å². The lowest BCUT2D eigenvalue weighted by molar-refractivity contribution is -0.122. The van der Waals surface area contributed by atoms with Gasteiger partial charge < -0.3 is 16.4 Å². The van der Waals surface area contributed by atoms with Crippen LogP contribution in [0.2, 0.25) is 0 Å². The Kier molecular flexibility index (Phi) is 5.32. The minimum absolute atomic E-state index is 0.129. The summed E-state index contributed by atoms with van der Waals surface area (Å²) >= 11 is 0. The highest BCUT2D eigenvalue weighted by Crippen LogP contribution is 2.17. The van der Waals surface area contributed by atoms with Gasteiger partial charge in [0.05, 0.1) is 13.1 Å². The molecule has 0 saturated carbocycles. The van der Waals surface area contributed by atoms with Crippen LogP contribution in [-0.2, 0) is 9.59 Å². The summed E-state index contributed by atoms with van der Waals surface area (Å²) in [5, 5.41) is 5.29. The molecule has 0 radical (unpaired) electrons. The average molecular weight is 264 g/mol. The van der Waals surface area contributed by atoms with Gasteiger partial charge in [-0.25, -0.2) is 0 Å². The Bertz CT molecular complexity index is 474. The summed E-state index contributed by atoms with van der Waals surface area (Å²) in [5.74, 6) is -0.310. The standard InChI is InChI=1S/C13H20N4O2/c1-9-4-5-10(14)6-11(9)16-13(19)8-17(3)7-12(18)15-2/h4-6H,7-8,14H2,1-3H3,(H,15,18)(H,16,19). The number of aryl methyl sites for hydroxylation is 1. The third-order valence-electron chi connectivity index (χ3n) is 2.64. The van der Waals surface area contributed by atoms with Crippen molar-refractivity contribution in [1.82, 2.24) is 10.2 Å². The van der Waals surface area contributed by atoms with Gasteiger partial charge in [0.25, 0.3) is 0 Å². The molecule has 0 atom stereocenters. The molecule has 0 heterocycles. The summed E-state index contributed by atoms with van der Waals surface area (Å²) < 4.78 is 0. The molecule has 104 valence electrons. The number of amides is 2. The van der Waals surface area contributed by atoms with E-state index in [2.05, 4.69) is 10.6 Å². The molecule has 6 nitrogen and oxygen atoms in total. The fourth-order valence-electron chi connectivity index (χ4n) is 1.59. The lowest BCUT2D eigenvalue weighted by Gasteiger charge is -2.16. The van der Waals surface area contributed by atoms with Crippen molar-refractivity contribution >= 4 is 23.2 Å². The van der Waals surface area contributed by atoms with Crippen molar-refractivity contribution in [1.29, 1.82) is 0 Å². The Morgan fingerprint density at radius 2 is 1.89 bits per heavy atom. The second-order valence-electron chi connectivity index (χ2n) is 4.47. The van der Waals surface area contributed by atoms with Crippen LogP contribution in [0.25, 0.3) is 0 Å². The second-order valence-corrected chi connectivity index (χ2v) is 4.47. The van der Waals surface area contributed by atoms with E-state index in [1.165, 1.54) is 0 Å². The van der Waals surface area contributed by atoms with E-state index in [1.807, 2.05) is 13.0 Å². The predicted octanol–water partition coefficient (Wildman–Crippen LogP) is 0.194. The number of nitrogens with one attached hydrogen (secondary N) is 2. The van der Waals surface area contributed by atoms with Crippen LogP contribution >= 0.6 is 0 Å². The molecule has 1 aromatic carbocycles. The number of carbonyl (C=O) groups excluding carboxylic acids is 2. The minimum Gasteiger partial charge on any atom is -0.399 e. The molecule has 0 spiro atoms. The van der Waals surface area contributed by atoms with Gasteiger partial charge in [-0.1, -0.05) is 6.07 Å². The van der Waals surface area contributed by atoms with Crippen molar-refractivity contribution in [2.75, 3.05) is 38.2 Å². The number of nitrogen functional groups attached to an aromatic ring is 1. The Morgan fingerprint density at radius 1 is 1.26 bits per heavy atom. The number of benzene rings is 1. The Morgan fingerprint density at radius 3 is 2.53 bits per heavy atom. The monoisotopic (exact) mass is 264 g/mol. The average Bonchev–Trinajstić information content (AvgIpc) is 2.33. The highest BCUT2D eigenvalue weighted by molar-refractivity contribution is 5.93. The maximum Gasteiger partial charge on any atom is 0.238 e. The molecule has 0 unspecified atom stereocenters. The molecule has 0 aromatic heterocycles. The van der Waals surface area contributed by atoms with Crippen LogP contribution in [-0.4, -0.2) is 43.9 Å². The number of hydrogen-bond acceptors (Lipinski definition) is 4. The number of nitrogens with two attached hydrogens (primary N) is 1. The van der Waals surface area contributed by atoms with Crippen LogP contribution in [0.15, 0.2) is 18.2 Å². The molecule has 19 heavy (non-hydrogen) atoms. The van der Waals surface area contributed by atoms with E-state index in [-0.39, 0.29) is 24.9 Å². The lowest BCUT2D eigenvalue weighted by atomic mass is 10.2. The van der Waals surface area contributed by atoms with Gasteiger partial charge >= 0.3 is 0 Å². The molecular formula is C13H20N4O2. The summed E-state index contributed by atoms with van der Waals surface area (Å²) in [6.45, 7) is 2.21. The van der Waals surface area contributed by atoms with E-state index in [0.717, 1.165) is 5.56 Å². The van der Waals surface area contributed by atoms with Crippen molar-refractivity contribution in [3.63, 3.8) is 0 Å². The normalized spacial score (nSPS) is 10.3. The van der Waals surface area contributed by atoms with Crippen molar-refractivity contribution in [2.24, 2.45) is 0 Å². The zero-order valence-electron chi connectivity index (χ0n) is 11.5. The predicted molar refractivity (Wildman–Crippen MR) is 75.8 cm³/mol. The number of nitrogens with zero attached hydrogens (tertiary/aromatic N) is 1. The largest absolute Gasteiger partial charge is 0.399 e. The minimum atomic E-state index is -0.180. The van der Waals surface area contributed by atoms with Crippen molar-refractivity contribution < 1.29 is 9.59 Å². The van der Waals surface area contributed by atoms with E-state index in [9.17, 15) is 9.59 Å². The summed E-state index contributed by atoms with van der Waals surface area (Å²) in [6, 6.07) is 5.34. The molecule has 0 aliphatic carbocycles. The Balaban J connectivity index is 2.55. The molecule has 2 amide bonds. The van der Waals surface area contributed by atoms with Crippen molar-refractivity contribution in [2.45, 2.75) is 6.92 Å². The van der Waals surface area contributed by atoms with Crippen molar-refractivity contribution in [3.05, 3.63) is 23.8 Å². The molecule has 0 bridgehead atoms. The number of hydrogen-bond donors (Lipinski definition) is 3. The van der Waals surface area contributed by atoms with Crippen LogP contribution < -0.4 is 16.4 Å². The molecule has 1 aromatic rings. The maximum atomic E-state index is 11.8. The molecule has 0 fully saturated rings. The summed E-state index contributed by atoms with van der Waals surface area (Å²) in [4.78, 5) is 24.6. The highest BCUT2D eigenvalue weighted by atomic mass is 16.2. The fourth-order valence-corrected chi connectivity index (χ4v) is 1.59. The SMILES string of the molecule is CNC(=O)CN(C)CC(=O)Nc1cc(N)ccc1C. The van der Waals surface area contributed by atoms with E-state index in [1.54, 1.807) is 31.1 Å². The molecule has 4 N–H and O–H groups in total. The van der Waals surface area contributed by atoms with E-state index >= 15 is 0 Å². The zero-order chi connectivity index (χ0) is 14.4. The van der Waals surface area contributed by atoms with Crippen LogP contribution in [0.3, 0.4) is 0 Å². The molecule has 1 rings (SSSR count). The van der Waals surface area contributed by atoms with Gasteiger partial charge in [-0.3, -0.25) is 14.5 Å². The number of likely N-dealkylation sites (N-methyl/N-ethyl adjacent to an activating group) is 2. The van der Waals surface area contributed by atoms with Gasteiger partial charge in [0.2, 0.25) is 11.8 Å². The fraction of sp³-hybridized carbons (Fsp3) is 0.385. The summed E-state index contributed by atoms with van der Waals surface area (Å²) in [6.07, 6.45) is 0. The third kappa shape index (κ3) is 4.97. The maximum absolute atomic E-state index is 11.8. The lowest BCUT2D eigenvalue weighted by Crippen LogP contribution is -2.37. The quantitative estimate of drug-likeness (QED) is 0.663. The van der Waals surface area contributed by atoms with Crippen LogP contribution in [0.5, 0.6) is 0 Å². The van der Waals surface area contributed by atoms with Gasteiger partial charge in [0.15, 0.2) is 0 Å². The van der Waals surface area contributed by atoms with Gasteiger partial charge in [0, 0.05) is 18.4 Å². The van der Waals surface area contributed by atoms with Gasteiger partial charge in [-0.05, 0) is 31.7 Å². The summed E-state index contributed by atoms with van der Waals surface area (Å²) in [7, 11) is 3.27. The first-order chi connectivity index (χ1) is 8.92. The third-order valence-corrected chi connectivity index (χ3v) is 2.64. The number of carbonyl (C=O) groups is 2. The zero-order valence-corrected chi connectivity index (χ0v) is 11.5. The number of anilines is 2. The Labute approximate surface area is 113 Å². The molecular weight excluding hydrogens is 244 g/mol. The highest BCUT2D eigenvalue weighted by Gasteiger charge is 2.10. The first kappa shape index (κ1) is 15.0. The first-order valence-electron chi connectivity index (χ1n) is 5.97. The van der Waals surface area contributed by atoms with Crippen LogP contribution in [0, 0.1) is 6.92 Å². The summed E-state index contributed by atoms with van der Waals surface area (Å²) in [5.41, 5.74) is 7.90. The first-order valence-corrected chi connectivity index (χ1v) is 5.97. The van der Waals surface area contributed by atoms with Crippen LogP contribution in [0.1, 0.15) is 5.56 Å². The molecule has 0 aliphatic rings. The molecule has 0 aliphatic heterocycles.